The Morgan fingerprint density at radius 3 is 2.56 bits per heavy atom. The van der Waals surface area contributed by atoms with Crippen LogP contribution in [0.15, 0.2) is 28.5 Å². The van der Waals surface area contributed by atoms with Crippen LogP contribution in [-0.4, -0.2) is 26.3 Å². The average molecular weight is 409 g/mol. The van der Waals surface area contributed by atoms with Gasteiger partial charge in [-0.1, -0.05) is 13.8 Å². The van der Waals surface area contributed by atoms with E-state index in [0.717, 1.165) is 0 Å². The van der Waals surface area contributed by atoms with E-state index in [4.69, 9.17) is 4.74 Å². The number of carbonyl (C=O) groups is 2. The van der Waals surface area contributed by atoms with E-state index in [1.54, 1.807) is 25.3 Å². The fourth-order valence-electron chi connectivity index (χ4n) is 2.82. The van der Waals surface area contributed by atoms with E-state index in [1.807, 2.05) is 13.8 Å². The lowest BCUT2D eigenvalue weighted by molar-refractivity contribution is -0.125. The summed E-state index contributed by atoms with van der Waals surface area (Å²) >= 11 is 1.18. The second-order valence-electron chi connectivity index (χ2n) is 6.75. The van der Waals surface area contributed by atoms with Crippen LogP contribution < -0.4 is 14.8 Å². The number of anilines is 1. The minimum atomic E-state index is -4.10. The van der Waals surface area contributed by atoms with Crippen LogP contribution in [0.2, 0.25) is 0 Å². The second-order valence-corrected chi connectivity index (χ2v) is 9.32. The van der Waals surface area contributed by atoms with E-state index in [1.165, 1.54) is 23.5 Å². The molecule has 0 saturated carbocycles. The van der Waals surface area contributed by atoms with Crippen molar-refractivity contribution in [2.24, 2.45) is 5.92 Å². The van der Waals surface area contributed by atoms with Gasteiger partial charge in [0.25, 0.3) is 21.8 Å². The molecule has 0 radical (unpaired) electrons. The zero-order chi connectivity index (χ0) is 19.9. The molecule has 9 heteroatoms. The Morgan fingerprint density at radius 1 is 1.26 bits per heavy atom. The molecule has 1 aromatic carbocycles. The molecular weight excluding hydrogens is 388 g/mol. The molecule has 1 atom stereocenters. The van der Waals surface area contributed by atoms with Crippen LogP contribution in [0.3, 0.4) is 0 Å². The van der Waals surface area contributed by atoms with Gasteiger partial charge in [-0.3, -0.25) is 9.59 Å². The van der Waals surface area contributed by atoms with Gasteiger partial charge in [-0.25, -0.2) is 13.1 Å². The molecule has 1 aromatic heterocycles. The summed E-state index contributed by atoms with van der Waals surface area (Å²) in [5.41, 5.74) is 1.51. The van der Waals surface area contributed by atoms with Gasteiger partial charge in [0.2, 0.25) is 0 Å². The highest BCUT2D eigenvalue weighted by atomic mass is 32.2. The molecule has 2 amide bonds. The molecular formula is C18H20N2O5S2. The van der Waals surface area contributed by atoms with Crippen molar-refractivity contribution in [2.75, 3.05) is 5.32 Å². The van der Waals surface area contributed by atoms with Crippen LogP contribution in [0, 0.1) is 19.8 Å². The quantitative estimate of drug-likeness (QED) is 0.810. The van der Waals surface area contributed by atoms with Crippen molar-refractivity contribution in [3.05, 3.63) is 39.6 Å². The van der Waals surface area contributed by atoms with Gasteiger partial charge in [-0.15, -0.1) is 11.3 Å². The van der Waals surface area contributed by atoms with Gasteiger partial charge < -0.3 is 10.1 Å². The number of benzene rings is 1. The van der Waals surface area contributed by atoms with Gasteiger partial charge in [0.15, 0.2) is 6.10 Å². The Hall–Kier alpha value is -2.39. The number of nitrogens with one attached hydrogen (secondary N) is 2. The van der Waals surface area contributed by atoms with Crippen LogP contribution in [-0.2, 0) is 14.8 Å². The third kappa shape index (κ3) is 3.70. The summed E-state index contributed by atoms with van der Waals surface area (Å²) in [5.74, 6) is -0.761. The summed E-state index contributed by atoms with van der Waals surface area (Å²) in [7, 11) is -4.10. The van der Waals surface area contributed by atoms with Crippen LogP contribution in [0.5, 0.6) is 5.75 Å². The zero-order valence-corrected chi connectivity index (χ0v) is 17.0. The van der Waals surface area contributed by atoms with Gasteiger partial charge in [-0.2, -0.15) is 0 Å². The number of carbonyl (C=O) groups excluding carboxylic acids is 2. The third-order valence-corrected chi connectivity index (χ3v) is 6.73. The molecule has 144 valence electrons. The highest BCUT2D eigenvalue weighted by Crippen LogP contribution is 2.35. The van der Waals surface area contributed by atoms with Crippen molar-refractivity contribution in [1.82, 2.24) is 4.72 Å². The van der Waals surface area contributed by atoms with Crippen molar-refractivity contribution in [2.45, 2.75) is 38.7 Å². The van der Waals surface area contributed by atoms with Gasteiger partial charge in [0.1, 0.15) is 5.75 Å². The molecule has 3 rings (SSSR count). The highest BCUT2D eigenvalue weighted by molar-refractivity contribution is 7.90. The topological polar surface area (TPSA) is 102 Å². The minimum absolute atomic E-state index is 0.0672. The number of ether oxygens (including phenoxy) is 1. The predicted octanol–water partition coefficient (Wildman–Crippen LogP) is 2.84. The maximum Gasteiger partial charge on any atom is 0.275 e. The molecule has 27 heavy (non-hydrogen) atoms. The standard InChI is InChI=1S/C18H20N2O5S2/c1-9(2)15-17(21)19-12-7-11(4)14(8-13(12)25-15)27(23,24)20-18(22)16-10(3)5-6-26-16/h5-9,15H,1-4H3,(H,19,21)(H,20,22). The predicted molar refractivity (Wildman–Crippen MR) is 103 cm³/mol. The lowest BCUT2D eigenvalue weighted by Crippen LogP contribution is -2.40. The maximum absolute atomic E-state index is 12.8. The minimum Gasteiger partial charge on any atom is -0.478 e. The van der Waals surface area contributed by atoms with E-state index in [-0.39, 0.29) is 22.5 Å². The normalized spacial score (nSPS) is 16.5. The Bertz CT molecular complexity index is 1020. The molecule has 1 aliphatic heterocycles. The summed E-state index contributed by atoms with van der Waals surface area (Å²) in [6.45, 7) is 7.01. The first-order valence-electron chi connectivity index (χ1n) is 8.33. The van der Waals surface area contributed by atoms with Gasteiger partial charge in [0, 0.05) is 6.07 Å². The van der Waals surface area contributed by atoms with Gasteiger partial charge >= 0.3 is 0 Å². The smallest absolute Gasteiger partial charge is 0.275 e. The van der Waals surface area contributed by atoms with Crippen molar-refractivity contribution in [3.8, 4) is 5.75 Å². The van der Waals surface area contributed by atoms with E-state index in [2.05, 4.69) is 10.0 Å². The number of fused-ring (bicyclic) bond motifs is 1. The number of amides is 2. The SMILES string of the molecule is Cc1cc2c(cc1S(=O)(=O)NC(=O)c1sccc1C)OC(C(C)C)C(=O)N2. The molecule has 0 aliphatic carbocycles. The summed E-state index contributed by atoms with van der Waals surface area (Å²) in [6, 6.07) is 4.62. The lowest BCUT2D eigenvalue weighted by atomic mass is 10.0. The highest BCUT2D eigenvalue weighted by Gasteiger charge is 2.32. The monoisotopic (exact) mass is 408 g/mol. The average Bonchev–Trinajstić information content (AvgIpc) is 2.99. The summed E-state index contributed by atoms with van der Waals surface area (Å²) in [5, 5.41) is 4.46. The molecule has 1 aliphatic rings. The van der Waals surface area contributed by atoms with E-state index >= 15 is 0 Å². The number of thiophene rings is 1. The van der Waals surface area contributed by atoms with E-state index in [9.17, 15) is 18.0 Å². The first kappa shape index (κ1) is 19.4. The molecule has 7 nitrogen and oxygen atoms in total. The molecule has 0 saturated heterocycles. The Balaban J connectivity index is 1.95. The van der Waals surface area contributed by atoms with Gasteiger partial charge in [0.05, 0.1) is 15.5 Å². The Labute approximate surface area is 161 Å². The molecule has 0 spiro atoms. The first-order valence-corrected chi connectivity index (χ1v) is 10.7. The summed E-state index contributed by atoms with van der Waals surface area (Å²) in [4.78, 5) is 24.7. The second kappa shape index (κ2) is 6.97. The molecule has 2 N–H and O–H groups in total. The fraction of sp³-hybridized carbons (Fsp3) is 0.333. The molecule has 0 bridgehead atoms. The largest absolute Gasteiger partial charge is 0.478 e. The van der Waals surface area contributed by atoms with E-state index in [0.29, 0.717) is 21.7 Å². The van der Waals surface area contributed by atoms with Crippen LogP contribution in [0.1, 0.15) is 34.6 Å². The van der Waals surface area contributed by atoms with Gasteiger partial charge in [-0.05, 0) is 48.4 Å². The zero-order valence-electron chi connectivity index (χ0n) is 15.3. The summed E-state index contributed by atoms with van der Waals surface area (Å²) < 4.78 is 33.3. The number of hydrogen-bond acceptors (Lipinski definition) is 6. The van der Waals surface area contributed by atoms with Crippen molar-refractivity contribution in [3.63, 3.8) is 0 Å². The maximum atomic E-state index is 12.8. The number of hydrogen-bond donors (Lipinski definition) is 2. The Morgan fingerprint density at radius 2 is 1.96 bits per heavy atom. The Kier molecular flexibility index (Phi) is 5.00. The van der Waals surface area contributed by atoms with E-state index < -0.39 is 22.0 Å². The van der Waals surface area contributed by atoms with Crippen LogP contribution in [0.25, 0.3) is 0 Å². The van der Waals surface area contributed by atoms with Crippen molar-refractivity contribution in [1.29, 1.82) is 0 Å². The third-order valence-electron chi connectivity index (χ3n) is 4.24. The number of rotatable bonds is 4. The molecule has 2 heterocycles. The number of sulfonamides is 1. The van der Waals surface area contributed by atoms with Crippen molar-refractivity contribution >= 4 is 38.9 Å². The fourth-order valence-corrected chi connectivity index (χ4v) is 4.90. The first-order chi connectivity index (χ1) is 12.6. The van der Waals surface area contributed by atoms with Crippen LogP contribution >= 0.6 is 11.3 Å². The lowest BCUT2D eigenvalue weighted by Gasteiger charge is -2.29. The molecule has 1 unspecified atom stereocenters. The van der Waals surface area contributed by atoms with Crippen molar-refractivity contribution < 1.29 is 22.7 Å². The molecule has 2 aromatic rings. The molecule has 0 fully saturated rings. The summed E-state index contributed by atoms with van der Waals surface area (Å²) in [6.07, 6.45) is -0.709. The van der Waals surface area contributed by atoms with Crippen LogP contribution in [0.4, 0.5) is 5.69 Å². The number of aryl methyl sites for hydroxylation is 2.